The van der Waals surface area contributed by atoms with Gasteiger partial charge in [-0.1, -0.05) is 26.7 Å². The van der Waals surface area contributed by atoms with Crippen LogP contribution in [0.4, 0.5) is 14.5 Å². The summed E-state index contributed by atoms with van der Waals surface area (Å²) < 4.78 is 32.0. The molecule has 22 heavy (non-hydrogen) atoms. The van der Waals surface area contributed by atoms with Crippen LogP contribution in [-0.4, -0.2) is 23.7 Å². The Morgan fingerprint density at radius 1 is 1.23 bits per heavy atom. The smallest absolute Gasteiger partial charge is 0.227 e. The Bertz CT molecular complexity index is 514. The van der Waals surface area contributed by atoms with Crippen molar-refractivity contribution in [1.82, 2.24) is 0 Å². The summed E-state index contributed by atoms with van der Waals surface area (Å²) in [4.78, 5) is 12.0. The number of hydrogen-bond acceptors (Lipinski definition) is 3. The molecule has 1 aromatic rings. The average Bonchev–Trinajstić information content (AvgIpc) is 2.42. The van der Waals surface area contributed by atoms with Gasteiger partial charge in [-0.15, -0.1) is 0 Å². The Morgan fingerprint density at radius 2 is 1.82 bits per heavy atom. The zero-order valence-electron chi connectivity index (χ0n) is 13.2. The quantitative estimate of drug-likeness (QED) is 0.770. The number of methoxy groups -OCH3 is 1. The highest BCUT2D eigenvalue weighted by molar-refractivity contribution is 5.91. The molecule has 0 aliphatic carbocycles. The molecule has 2 N–H and O–H groups in total. The second-order valence-corrected chi connectivity index (χ2v) is 5.42. The largest absolute Gasteiger partial charge is 0.494 e. The predicted octanol–water partition coefficient (Wildman–Crippen LogP) is 3.63. The van der Waals surface area contributed by atoms with Crippen LogP contribution < -0.4 is 10.1 Å². The van der Waals surface area contributed by atoms with Crippen molar-refractivity contribution in [3.05, 3.63) is 23.8 Å². The maximum absolute atomic E-state index is 13.8. The van der Waals surface area contributed by atoms with Crippen molar-refractivity contribution >= 4 is 11.6 Å². The molecule has 0 aliphatic heterocycles. The highest BCUT2D eigenvalue weighted by atomic mass is 19.1. The molecular weight excluding hydrogens is 292 g/mol. The summed E-state index contributed by atoms with van der Waals surface area (Å²) in [7, 11) is 1.23. The van der Waals surface area contributed by atoms with Crippen molar-refractivity contribution in [1.29, 1.82) is 0 Å². The summed E-state index contributed by atoms with van der Waals surface area (Å²) in [5.41, 5.74) is -1.38. The first-order chi connectivity index (χ1) is 10.3. The number of halogens is 2. The van der Waals surface area contributed by atoms with Crippen LogP contribution in [0.15, 0.2) is 12.1 Å². The van der Waals surface area contributed by atoms with Gasteiger partial charge in [0.2, 0.25) is 5.91 Å². The van der Waals surface area contributed by atoms with Crippen LogP contribution in [0.25, 0.3) is 0 Å². The number of anilines is 1. The van der Waals surface area contributed by atoms with E-state index in [9.17, 15) is 18.7 Å². The van der Waals surface area contributed by atoms with Crippen LogP contribution in [0.1, 0.15) is 46.0 Å². The van der Waals surface area contributed by atoms with E-state index in [0.29, 0.717) is 12.8 Å². The topological polar surface area (TPSA) is 58.6 Å². The number of nitrogens with one attached hydrogen (secondary N) is 1. The van der Waals surface area contributed by atoms with Crippen molar-refractivity contribution in [3.8, 4) is 5.75 Å². The molecule has 0 aliphatic rings. The molecular formula is C16H23F2NO3. The Hall–Kier alpha value is -1.69. The first-order valence-corrected chi connectivity index (χ1v) is 7.40. The van der Waals surface area contributed by atoms with Crippen molar-refractivity contribution in [3.63, 3.8) is 0 Å². The summed E-state index contributed by atoms with van der Waals surface area (Å²) in [5, 5.41) is 12.7. The second kappa shape index (κ2) is 8.08. The first-order valence-electron chi connectivity index (χ1n) is 7.40. The summed E-state index contributed by atoms with van der Waals surface area (Å²) in [6, 6.07) is 1.74. The van der Waals surface area contributed by atoms with E-state index >= 15 is 0 Å². The van der Waals surface area contributed by atoms with Crippen molar-refractivity contribution in [2.45, 2.75) is 51.6 Å². The lowest BCUT2D eigenvalue weighted by atomic mass is 9.89. The molecule has 0 fully saturated rings. The van der Waals surface area contributed by atoms with Gasteiger partial charge in [0.25, 0.3) is 0 Å². The van der Waals surface area contributed by atoms with Crippen LogP contribution in [0, 0.1) is 11.6 Å². The summed E-state index contributed by atoms with van der Waals surface area (Å²) in [6.07, 6.45) is 2.27. The number of hydrogen-bond donors (Lipinski definition) is 2. The van der Waals surface area contributed by atoms with Gasteiger partial charge >= 0.3 is 0 Å². The lowest BCUT2D eigenvalue weighted by Gasteiger charge is -2.26. The summed E-state index contributed by atoms with van der Waals surface area (Å²) in [6.45, 7) is 3.83. The summed E-state index contributed by atoms with van der Waals surface area (Å²) in [5.74, 6) is -2.34. The first kappa shape index (κ1) is 18.4. The van der Waals surface area contributed by atoms with Gasteiger partial charge in [0.1, 0.15) is 0 Å². The van der Waals surface area contributed by atoms with Crippen LogP contribution in [0.3, 0.4) is 0 Å². The molecule has 6 heteroatoms. The maximum atomic E-state index is 13.8. The standard InChI is InChI=1S/C16H23F2NO3/c1-4-6-16(21,7-5-2)10-15(20)19-13-8-12(18)14(22-3)9-11(13)17/h8-9,21H,4-7,10H2,1-3H3,(H,19,20). The minimum Gasteiger partial charge on any atom is -0.494 e. The zero-order valence-corrected chi connectivity index (χ0v) is 13.2. The third-order valence-corrected chi connectivity index (χ3v) is 3.44. The molecule has 0 saturated carbocycles. The summed E-state index contributed by atoms with van der Waals surface area (Å²) >= 11 is 0. The molecule has 124 valence electrons. The van der Waals surface area contributed by atoms with Crippen molar-refractivity contribution < 1.29 is 23.4 Å². The van der Waals surface area contributed by atoms with Gasteiger partial charge in [0.05, 0.1) is 24.8 Å². The lowest BCUT2D eigenvalue weighted by Crippen LogP contribution is -2.34. The van der Waals surface area contributed by atoms with Crippen LogP contribution in [-0.2, 0) is 4.79 Å². The Morgan fingerprint density at radius 3 is 2.32 bits per heavy atom. The third kappa shape index (κ3) is 4.94. The van der Waals surface area contributed by atoms with E-state index in [2.05, 4.69) is 10.1 Å². The fourth-order valence-corrected chi connectivity index (χ4v) is 2.51. The number of carbonyl (C=O) groups excluding carboxylic acids is 1. The minimum absolute atomic E-state index is 0.151. The normalized spacial score (nSPS) is 11.4. The van der Waals surface area contributed by atoms with Crippen LogP contribution in [0.5, 0.6) is 5.75 Å². The lowest BCUT2D eigenvalue weighted by molar-refractivity contribution is -0.121. The Balaban J connectivity index is 2.82. The fourth-order valence-electron chi connectivity index (χ4n) is 2.51. The fraction of sp³-hybridized carbons (Fsp3) is 0.562. The molecule has 0 heterocycles. The molecule has 0 saturated heterocycles. The molecule has 4 nitrogen and oxygen atoms in total. The van der Waals surface area contributed by atoms with E-state index in [-0.39, 0.29) is 17.9 Å². The van der Waals surface area contributed by atoms with E-state index in [0.717, 1.165) is 25.0 Å². The highest BCUT2D eigenvalue weighted by Gasteiger charge is 2.28. The van der Waals surface area contributed by atoms with Gasteiger partial charge in [0, 0.05) is 12.1 Å². The van der Waals surface area contributed by atoms with E-state index in [1.807, 2.05) is 13.8 Å². The van der Waals surface area contributed by atoms with Gasteiger partial charge in [-0.25, -0.2) is 8.78 Å². The van der Waals surface area contributed by atoms with E-state index in [1.54, 1.807) is 0 Å². The number of aliphatic hydroxyl groups is 1. The van der Waals surface area contributed by atoms with Gasteiger partial charge in [-0.2, -0.15) is 0 Å². The molecule has 0 bridgehead atoms. The van der Waals surface area contributed by atoms with E-state index in [1.165, 1.54) is 7.11 Å². The Labute approximate surface area is 129 Å². The van der Waals surface area contributed by atoms with Crippen LogP contribution >= 0.6 is 0 Å². The molecule has 0 unspecified atom stereocenters. The molecule has 0 atom stereocenters. The number of carbonyl (C=O) groups is 1. The van der Waals surface area contributed by atoms with Gasteiger partial charge < -0.3 is 15.2 Å². The SMILES string of the molecule is CCCC(O)(CCC)CC(=O)Nc1cc(F)c(OC)cc1F. The highest BCUT2D eigenvalue weighted by Crippen LogP contribution is 2.27. The predicted molar refractivity (Wildman–Crippen MR) is 80.9 cm³/mol. The molecule has 0 radical (unpaired) electrons. The van der Waals surface area contributed by atoms with E-state index in [4.69, 9.17) is 0 Å². The van der Waals surface area contributed by atoms with Gasteiger partial charge in [-0.05, 0) is 12.8 Å². The number of rotatable bonds is 8. The molecule has 0 aromatic heterocycles. The molecule has 1 rings (SSSR count). The number of amides is 1. The Kier molecular flexibility index (Phi) is 6.74. The van der Waals surface area contributed by atoms with Crippen molar-refractivity contribution in [2.24, 2.45) is 0 Å². The molecule has 1 amide bonds. The number of benzene rings is 1. The average molecular weight is 315 g/mol. The maximum Gasteiger partial charge on any atom is 0.227 e. The monoisotopic (exact) mass is 315 g/mol. The number of ether oxygens (including phenoxy) is 1. The van der Waals surface area contributed by atoms with Crippen molar-refractivity contribution in [2.75, 3.05) is 12.4 Å². The van der Waals surface area contributed by atoms with Gasteiger partial charge in [-0.3, -0.25) is 4.79 Å². The minimum atomic E-state index is -1.12. The van der Waals surface area contributed by atoms with Gasteiger partial charge in [0.15, 0.2) is 17.4 Å². The molecule has 0 spiro atoms. The van der Waals surface area contributed by atoms with Crippen LogP contribution in [0.2, 0.25) is 0 Å². The zero-order chi connectivity index (χ0) is 16.8. The third-order valence-electron chi connectivity index (χ3n) is 3.44. The molecule has 1 aromatic carbocycles. The van der Waals surface area contributed by atoms with E-state index < -0.39 is 23.1 Å². The second-order valence-electron chi connectivity index (χ2n) is 5.42.